The molecule has 2 heterocycles. The van der Waals surface area contributed by atoms with E-state index in [9.17, 15) is 10.1 Å². The summed E-state index contributed by atoms with van der Waals surface area (Å²) in [6.07, 6.45) is 4.32. The maximum atomic E-state index is 11.2. The molecule has 278 valence electrons. The number of rotatable bonds is 13. The van der Waals surface area contributed by atoms with Crippen LogP contribution in [0.5, 0.6) is 23.0 Å². The van der Waals surface area contributed by atoms with Crippen molar-refractivity contribution < 1.29 is 23.9 Å². The summed E-state index contributed by atoms with van der Waals surface area (Å²) in [5, 5.41) is 11.2. The monoisotopic (exact) mass is 728 g/mol. The number of nitrogens with zero attached hydrogens (tertiary/aromatic N) is 5. The first-order valence-corrected chi connectivity index (χ1v) is 17.4. The Kier molecular flexibility index (Phi) is 13.1. The second-order valence-corrected chi connectivity index (χ2v) is 12.8. The van der Waals surface area contributed by atoms with Gasteiger partial charge in [0.25, 0.3) is 0 Å². The Hall–Kier alpha value is -6.56. The molecule has 54 heavy (non-hydrogen) atoms. The molecular weight excluding hydrogens is 684 g/mol. The molecule has 0 amide bonds. The number of nitrogen functional groups attached to an aromatic ring is 1. The minimum absolute atomic E-state index is 0.0438. The number of aromatic nitrogens is 4. The number of methoxy groups -OCH3 is 2. The second kappa shape index (κ2) is 18.3. The van der Waals surface area contributed by atoms with Gasteiger partial charge in [0.1, 0.15) is 29.9 Å². The average Bonchev–Trinajstić information content (AvgIpc) is 3.15. The number of nitro groups is 1. The molecule has 0 saturated heterocycles. The molecule has 0 bridgehead atoms. The lowest BCUT2D eigenvalue weighted by atomic mass is 10.1. The van der Waals surface area contributed by atoms with Crippen LogP contribution in [0.4, 0.5) is 11.4 Å². The van der Waals surface area contributed by atoms with Crippen molar-refractivity contribution in [3.05, 3.63) is 142 Å². The van der Waals surface area contributed by atoms with Gasteiger partial charge in [-0.3, -0.25) is 10.1 Å². The van der Waals surface area contributed by atoms with Gasteiger partial charge in [-0.15, -0.1) is 0 Å². The number of benzene rings is 4. The van der Waals surface area contributed by atoms with Crippen LogP contribution in [0.3, 0.4) is 0 Å². The molecule has 12 nitrogen and oxygen atoms in total. The lowest BCUT2D eigenvalue weighted by Gasteiger charge is -2.14. The molecule has 12 heteroatoms. The molecule has 6 rings (SSSR count). The molecule has 6 aromatic rings. The molecule has 0 aliphatic heterocycles. The van der Waals surface area contributed by atoms with Crippen molar-refractivity contribution in [2.75, 3.05) is 20.0 Å². The standard InChI is InChI=1S/C21H21N3O4.C21H23N3O2/c1-14(2)28-20-7-5-4-6-17(20)18-12-16(22-13-23-18)10-15-8-9-21(27-3)19(11-15)24(25)26;1-14(2)26-20-7-5-4-6-17(20)19-12-16(23-13-24-19)10-15-8-9-21(25-3)18(22)11-15/h4-9,11-14H,10H2,1-3H3;4-9,11-14H,10,22H2,1-3H3. The SMILES string of the molecule is COc1ccc(Cc2cc(-c3ccccc3OC(C)C)ncn2)cc1N.COc1ccc(Cc2cc(-c3ccccc3OC(C)C)ncn2)cc1[N+](=O)[O-]. The van der Waals surface area contributed by atoms with Gasteiger partial charge >= 0.3 is 5.69 Å². The Labute approximate surface area is 315 Å². The number of para-hydroxylation sites is 2. The van der Waals surface area contributed by atoms with E-state index in [4.69, 9.17) is 24.7 Å². The van der Waals surface area contributed by atoms with Crippen LogP contribution >= 0.6 is 0 Å². The highest BCUT2D eigenvalue weighted by Gasteiger charge is 2.17. The number of ether oxygens (including phenoxy) is 4. The van der Waals surface area contributed by atoms with Crippen molar-refractivity contribution in [2.45, 2.75) is 52.7 Å². The van der Waals surface area contributed by atoms with Gasteiger partial charge in [-0.25, -0.2) is 19.9 Å². The summed E-state index contributed by atoms with van der Waals surface area (Å²) in [6.45, 7) is 7.96. The molecule has 0 radical (unpaired) electrons. The maximum absolute atomic E-state index is 11.2. The summed E-state index contributed by atoms with van der Waals surface area (Å²) >= 11 is 0. The minimum Gasteiger partial charge on any atom is -0.495 e. The first-order valence-electron chi connectivity index (χ1n) is 17.4. The van der Waals surface area contributed by atoms with E-state index in [1.54, 1.807) is 25.6 Å². The fourth-order valence-corrected chi connectivity index (χ4v) is 5.65. The molecule has 2 aromatic heterocycles. The van der Waals surface area contributed by atoms with Gasteiger partial charge in [0.2, 0.25) is 0 Å². The van der Waals surface area contributed by atoms with Crippen LogP contribution in [-0.2, 0) is 12.8 Å². The van der Waals surface area contributed by atoms with Crippen LogP contribution < -0.4 is 24.7 Å². The number of anilines is 1. The molecule has 0 aliphatic rings. The Morgan fingerprint density at radius 1 is 0.611 bits per heavy atom. The van der Waals surface area contributed by atoms with Gasteiger partial charge in [-0.1, -0.05) is 36.4 Å². The Morgan fingerprint density at radius 3 is 1.52 bits per heavy atom. The predicted octanol–water partition coefficient (Wildman–Crippen LogP) is 8.55. The number of hydrogen-bond donors (Lipinski definition) is 1. The Balaban J connectivity index is 0.000000208. The third-order valence-electron chi connectivity index (χ3n) is 8.00. The molecule has 0 unspecified atom stereocenters. The lowest BCUT2D eigenvalue weighted by Crippen LogP contribution is -2.06. The van der Waals surface area contributed by atoms with E-state index in [1.165, 1.54) is 19.5 Å². The van der Waals surface area contributed by atoms with Crippen LogP contribution in [0.2, 0.25) is 0 Å². The van der Waals surface area contributed by atoms with Gasteiger partial charge in [0.15, 0.2) is 5.75 Å². The molecule has 0 aliphatic carbocycles. The van der Waals surface area contributed by atoms with Crippen LogP contribution in [-0.4, -0.2) is 51.3 Å². The van der Waals surface area contributed by atoms with Crippen LogP contribution in [0.1, 0.15) is 50.2 Å². The smallest absolute Gasteiger partial charge is 0.311 e. The van der Waals surface area contributed by atoms with E-state index in [2.05, 4.69) is 19.9 Å². The van der Waals surface area contributed by atoms with Crippen molar-refractivity contribution in [1.29, 1.82) is 0 Å². The molecule has 0 spiro atoms. The fourth-order valence-electron chi connectivity index (χ4n) is 5.65. The molecule has 2 N–H and O–H groups in total. The van der Waals surface area contributed by atoms with E-state index in [1.807, 2.05) is 107 Å². The summed E-state index contributed by atoms with van der Waals surface area (Å²) in [5.41, 5.74) is 13.5. The summed E-state index contributed by atoms with van der Waals surface area (Å²) in [6, 6.07) is 30.2. The first-order chi connectivity index (χ1) is 26.0. The van der Waals surface area contributed by atoms with E-state index in [0.717, 1.165) is 56.5 Å². The van der Waals surface area contributed by atoms with E-state index >= 15 is 0 Å². The summed E-state index contributed by atoms with van der Waals surface area (Å²) < 4.78 is 22.0. The zero-order chi connectivity index (χ0) is 38.6. The minimum atomic E-state index is -0.451. The van der Waals surface area contributed by atoms with Crippen molar-refractivity contribution in [1.82, 2.24) is 19.9 Å². The molecule has 0 saturated carbocycles. The molecule has 0 atom stereocenters. The quantitative estimate of drug-likeness (QED) is 0.0690. The first kappa shape index (κ1) is 38.7. The van der Waals surface area contributed by atoms with E-state index in [0.29, 0.717) is 24.3 Å². The third kappa shape index (κ3) is 10.3. The van der Waals surface area contributed by atoms with Crippen molar-refractivity contribution >= 4 is 11.4 Å². The number of nitro benzene ring substituents is 1. The second-order valence-electron chi connectivity index (χ2n) is 12.8. The molecular formula is C42H44N6O6. The zero-order valence-corrected chi connectivity index (χ0v) is 31.2. The van der Waals surface area contributed by atoms with Crippen LogP contribution in [0, 0.1) is 10.1 Å². The summed E-state index contributed by atoms with van der Waals surface area (Å²) in [4.78, 5) is 28.3. The zero-order valence-electron chi connectivity index (χ0n) is 31.2. The maximum Gasteiger partial charge on any atom is 0.311 e. The Morgan fingerprint density at radius 2 is 1.07 bits per heavy atom. The van der Waals surface area contributed by atoms with Crippen LogP contribution in [0.25, 0.3) is 22.5 Å². The highest BCUT2D eigenvalue weighted by Crippen LogP contribution is 2.32. The van der Waals surface area contributed by atoms with E-state index in [-0.39, 0.29) is 23.6 Å². The Bertz CT molecular complexity index is 2190. The van der Waals surface area contributed by atoms with Gasteiger partial charge in [-0.05, 0) is 93.4 Å². The highest BCUT2D eigenvalue weighted by atomic mass is 16.6. The molecule has 4 aromatic carbocycles. The summed E-state index contributed by atoms with van der Waals surface area (Å²) in [5.74, 6) is 2.48. The lowest BCUT2D eigenvalue weighted by molar-refractivity contribution is -0.385. The summed E-state index contributed by atoms with van der Waals surface area (Å²) in [7, 11) is 3.02. The topological polar surface area (TPSA) is 158 Å². The predicted molar refractivity (Wildman–Crippen MR) is 209 cm³/mol. The molecule has 0 fully saturated rings. The van der Waals surface area contributed by atoms with Gasteiger partial charge in [0, 0.05) is 41.4 Å². The fraction of sp³-hybridized carbons (Fsp3) is 0.238. The normalized spacial score (nSPS) is 10.7. The number of hydrogen-bond acceptors (Lipinski definition) is 11. The third-order valence-corrected chi connectivity index (χ3v) is 8.00. The van der Waals surface area contributed by atoms with Crippen molar-refractivity contribution in [2.24, 2.45) is 0 Å². The highest BCUT2D eigenvalue weighted by molar-refractivity contribution is 5.68. The van der Waals surface area contributed by atoms with Gasteiger partial charge < -0.3 is 24.7 Å². The van der Waals surface area contributed by atoms with Gasteiger partial charge in [-0.2, -0.15) is 0 Å². The largest absolute Gasteiger partial charge is 0.495 e. The average molecular weight is 729 g/mol. The van der Waals surface area contributed by atoms with E-state index < -0.39 is 4.92 Å². The van der Waals surface area contributed by atoms with Crippen molar-refractivity contribution in [3.63, 3.8) is 0 Å². The van der Waals surface area contributed by atoms with Crippen molar-refractivity contribution in [3.8, 4) is 45.5 Å². The number of nitrogens with two attached hydrogens (primary N) is 1. The van der Waals surface area contributed by atoms with Gasteiger partial charge in [0.05, 0.1) is 48.4 Å². The van der Waals surface area contributed by atoms with Crippen LogP contribution in [0.15, 0.2) is 110 Å².